The molecule has 0 saturated heterocycles. The Bertz CT molecular complexity index is 708. The fraction of sp³-hybridized carbons (Fsp3) is 0.647. The van der Waals surface area contributed by atoms with Crippen molar-refractivity contribution in [3.05, 3.63) is 0 Å². The minimum Gasteiger partial charge on any atom is -0.481 e. The van der Waals surface area contributed by atoms with E-state index in [9.17, 15) is 28.8 Å². The topological polar surface area (TPSA) is 225 Å². The highest BCUT2D eigenvalue weighted by molar-refractivity contribution is 7.98. The van der Waals surface area contributed by atoms with E-state index in [0.29, 0.717) is 12.2 Å². The summed E-state index contributed by atoms with van der Waals surface area (Å²) in [5.74, 6) is -6.57. The summed E-state index contributed by atoms with van der Waals surface area (Å²) in [6.07, 6.45) is 0.408. The van der Waals surface area contributed by atoms with Gasteiger partial charge in [-0.05, 0) is 24.9 Å². The predicted octanol–water partition coefficient (Wildman–Crippen LogP) is -2.12. The van der Waals surface area contributed by atoms with Gasteiger partial charge >= 0.3 is 17.9 Å². The van der Waals surface area contributed by atoms with Crippen molar-refractivity contribution < 1.29 is 44.1 Å². The first-order valence-electron chi connectivity index (χ1n) is 9.35. The van der Waals surface area contributed by atoms with Gasteiger partial charge in [0.2, 0.25) is 17.7 Å². The van der Waals surface area contributed by atoms with Gasteiger partial charge in [-0.3, -0.25) is 24.0 Å². The first-order valence-corrected chi connectivity index (χ1v) is 11.4. The zero-order valence-corrected chi connectivity index (χ0v) is 19.0. The molecule has 0 rings (SSSR count). The monoisotopic (exact) mass is 496 g/mol. The SMILES string of the molecule is CSCCC(N)C(=O)NC(CC(=O)O)C(=O)NC(CS)C(=O)NC(CCC(=O)O)C(=O)O. The zero-order chi connectivity index (χ0) is 24.8. The summed E-state index contributed by atoms with van der Waals surface area (Å²) in [4.78, 5) is 70.0. The van der Waals surface area contributed by atoms with Crippen LogP contribution in [0.15, 0.2) is 0 Å². The molecule has 0 fully saturated rings. The molecule has 0 aromatic rings. The summed E-state index contributed by atoms with van der Waals surface area (Å²) >= 11 is 5.37. The molecule has 32 heavy (non-hydrogen) atoms. The van der Waals surface area contributed by atoms with Crippen LogP contribution in [-0.2, 0) is 28.8 Å². The molecular formula is C17H28N4O9S2. The number of aliphatic carboxylic acids is 3. The lowest BCUT2D eigenvalue weighted by molar-refractivity contribution is -0.144. The molecule has 0 bridgehead atoms. The van der Waals surface area contributed by atoms with Crippen LogP contribution in [0, 0.1) is 0 Å². The lowest BCUT2D eigenvalue weighted by Gasteiger charge is -2.23. The molecule has 0 heterocycles. The van der Waals surface area contributed by atoms with E-state index in [4.69, 9.17) is 21.1 Å². The van der Waals surface area contributed by atoms with Crippen molar-refractivity contribution in [2.75, 3.05) is 17.8 Å². The number of nitrogens with two attached hydrogens (primary N) is 1. The molecule has 3 amide bonds. The first kappa shape index (κ1) is 29.5. The molecule has 4 atom stereocenters. The van der Waals surface area contributed by atoms with Crippen molar-refractivity contribution in [3.8, 4) is 0 Å². The van der Waals surface area contributed by atoms with E-state index >= 15 is 0 Å². The molecule has 4 unspecified atom stereocenters. The molecule has 13 nitrogen and oxygen atoms in total. The molecule has 0 aliphatic heterocycles. The summed E-state index contributed by atoms with van der Waals surface area (Å²) < 4.78 is 0. The van der Waals surface area contributed by atoms with Crippen molar-refractivity contribution in [3.63, 3.8) is 0 Å². The first-order chi connectivity index (χ1) is 14.9. The maximum Gasteiger partial charge on any atom is 0.326 e. The van der Waals surface area contributed by atoms with Gasteiger partial charge in [0, 0.05) is 12.2 Å². The van der Waals surface area contributed by atoms with Gasteiger partial charge in [-0.2, -0.15) is 24.4 Å². The van der Waals surface area contributed by atoms with Crippen LogP contribution in [-0.4, -0.2) is 92.9 Å². The summed E-state index contributed by atoms with van der Waals surface area (Å²) in [6, 6.07) is -5.42. The highest BCUT2D eigenvalue weighted by atomic mass is 32.2. The maximum absolute atomic E-state index is 12.5. The standard InChI is InChI=1S/C17H28N4O9S2/c1-32-5-4-8(18)14(26)20-10(6-13(24)25)15(27)21-11(7-31)16(28)19-9(17(29)30)2-3-12(22)23/h8-11,31H,2-7,18H2,1H3,(H,19,28)(H,20,26)(H,21,27)(H,22,23)(H,24,25)(H,29,30). The van der Waals surface area contributed by atoms with Crippen LogP contribution in [0.25, 0.3) is 0 Å². The Morgan fingerprint density at radius 2 is 1.38 bits per heavy atom. The number of hydrogen-bond acceptors (Lipinski definition) is 9. The zero-order valence-electron chi connectivity index (χ0n) is 17.3. The molecule has 0 aromatic carbocycles. The Morgan fingerprint density at radius 1 is 0.844 bits per heavy atom. The van der Waals surface area contributed by atoms with Gasteiger partial charge in [0.05, 0.1) is 12.5 Å². The van der Waals surface area contributed by atoms with Crippen molar-refractivity contribution in [2.45, 2.75) is 49.9 Å². The highest BCUT2D eigenvalue weighted by Gasteiger charge is 2.31. The number of carboxylic acid groups (broad SMARTS) is 3. The average Bonchev–Trinajstić information content (AvgIpc) is 2.71. The van der Waals surface area contributed by atoms with Gasteiger partial charge in [0.25, 0.3) is 0 Å². The van der Waals surface area contributed by atoms with Gasteiger partial charge in [0.1, 0.15) is 18.1 Å². The summed E-state index contributed by atoms with van der Waals surface area (Å²) in [5.41, 5.74) is 5.71. The van der Waals surface area contributed by atoms with Crippen LogP contribution >= 0.6 is 24.4 Å². The van der Waals surface area contributed by atoms with E-state index in [1.807, 2.05) is 6.26 Å². The van der Waals surface area contributed by atoms with Crippen molar-refractivity contribution in [1.82, 2.24) is 16.0 Å². The number of rotatable bonds is 16. The molecule has 15 heteroatoms. The second kappa shape index (κ2) is 15.3. The number of carbonyl (C=O) groups is 6. The van der Waals surface area contributed by atoms with Crippen LogP contribution < -0.4 is 21.7 Å². The number of carbonyl (C=O) groups excluding carboxylic acids is 3. The summed E-state index contributed by atoms with van der Waals surface area (Å²) in [6.45, 7) is 0. The Hall–Kier alpha value is -2.52. The van der Waals surface area contributed by atoms with Crippen molar-refractivity contribution >= 4 is 60.0 Å². The van der Waals surface area contributed by atoms with Gasteiger partial charge < -0.3 is 37.0 Å². The van der Waals surface area contributed by atoms with E-state index < -0.39 is 79.1 Å². The van der Waals surface area contributed by atoms with Gasteiger partial charge in [-0.25, -0.2) is 4.79 Å². The van der Waals surface area contributed by atoms with Crippen LogP contribution in [0.4, 0.5) is 0 Å². The van der Waals surface area contributed by atoms with Gasteiger partial charge in [0.15, 0.2) is 0 Å². The number of thioether (sulfide) groups is 1. The van der Waals surface area contributed by atoms with E-state index in [2.05, 4.69) is 28.6 Å². The molecular weight excluding hydrogens is 468 g/mol. The number of thiol groups is 1. The molecule has 0 aliphatic rings. The normalized spacial score (nSPS) is 14.3. The van der Waals surface area contributed by atoms with Gasteiger partial charge in [-0.15, -0.1) is 0 Å². The Labute approximate surface area is 193 Å². The molecule has 0 radical (unpaired) electrons. The second-order valence-electron chi connectivity index (χ2n) is 6.62. The Morgan fingerprint density at radius 3 is 1.84 bits per heavy atom. The average molecular weight is 497 g/mol. The Balaban J connectivity index is 5.21. The lowest BCUT2D eigenvalue weighted by atomic mass is 10.1. The fourth-order valence-electron chi connectivity index (χ4n) is 2.30. The van der Waals surface area contributed by atoms with Crippen molar-refractivity contribution in [1.29, 1.82) is 0 Å². The number of carboxylic acids is 3. The van der Waals surface area contributed by atoms with E-state index in [-0.39, 0.29) is 5.75 Å². The minimum atomic E-state index is -1.54. The Kier molecular flexibility index (Phi) is 14.1. The smallest absolute Gasteiger partial charge is 0.326 e. The molecule has 0 aliphatic carbocycles. The third kappa shape index (κ3) is 11.8. The predicted molar refractivity (Wildman–Crippen MR) is 117 cm³/mol. The quantitative estimate of drug-likeness (QED) is 0.108. The highest BCUT2D eigenvalue weighted by Crippen LogP contribution is 2.03. The number of hydrogen-bond donors (Lipinski definition) is 8. The fourth-order valence-corrected chi connectivity index (χ4v) is 3.05. The van der Waals surface area contributed by atoms with Crippen LogP contribution in [0.1, 0.15) is 25.7 Å². The van der Waals surface area contributed by atoms with Crippen LogP contribution in [0.5, 0.6) is 0 Å². The van der Waals surface area contributed by atoms with E-state index in [1.165, 1.54) is 11.8 Å². The van der Waals surface area contributed by atoms with Crippen LogP contribution in [0.2, 0.25) is 0 Å². The maximum atomic E-state index is 12.5. The minimum absolute atomic E-state index is 0.288. The third-order valence-electron chi connectivity index (χ3n) is 4.06. The number of nitrogens with one attached hydrogen (secondary N) is 3. The molecule has 0 spiro atoms. The molecule has 182 valence electrons. The molecule has 0 saturated carbocycles. The van der Waals surface area contributed by atoms with E-state index in [0.717, 1.165) is 0 Å². The second-order valence-corrected chi connectivity index (χ2v) is 7.97. The summed E-state index contributed by atoms with van der Waals surface area (Å²) in [5, 5.41) is 33.4. The van der Waals surface area contributed by atoms with E-state index in [1.54, 1.807) is 0 Å². The van der Waals surface area contributed by atoms with Gasteiger partial charge in [-0.1, -0.05) is 0 Å². The molecule has 0 aromatic heterocycles. The number of amides is 3. The largest absolute Gasteiger partial charge is 0.481 e. The van der Waals surface area contributed by atoms with Crippen LogP contribution in [0.3, 0.4) is 0 Å². The third-order valence-corrected chi connectivity index (χ3v) is 5.07. The van der Waals surface area contributed by atoms with Crippen molar-refractivity contribution in [2.24, 2.45) is 5.73 Å². The lowest BCUT2D eigenvalue weighted by Crippen LogP contribution is -2.58. The molecule has 8 N–H and O–H groups in total. The summed E-state index contributed by atoms with van der Waals surface area (Å²) in [7, 11) is 0.